The highest BCUT2D eigenvalue weighted by Gasteiger charge is 2.45. The monoisotopic (exact) mass is 738 g/mol. The zero-order valence-electron chi connectivity index (χ0n) is 31.6. The van der Waals surface area contributed by atoms with Crippen LogP contribution in [-0.4, -0.2) is 78.0 Å². The van der Waals surface area contributed by atoms with Crippen molar-refractivity contribution in [1.82, 2.24) is 15.1 Å². The van der Waals surface area contributed by atoms with E-state index in [1.807, 2.05) is 30.3 Å². The number of fused-ring (bicyclic) bond motifs is 1. The molecule has 2 N–H and O–H groups in total. The third-order valence-electron chi connectivity index (χ3n) is 12.1. The predicted octanol–water partition coefficient (Wildman–Crippen LogP) is 7.28. The molecule has 55 heavy (non-hydrogen) atoms. The summed E-state index contributed by atoms with van der Waals surface area (Å²) < 4.78 is 6.19. The van der Waals surface area contributed by atoms with Gasteiger partial charge in [-0.1, -0.05) is 61.5 Å². The number of amides is 3. The number of unbranched alkanes of at least 4 members (excludes halogenated alkanes) is 1. The number of hydrogen-bond donors (Lipinski definition) is 2. The van der Waals surface area contributed by atoms with E-state index in [1.165, 1.54) is 29.6 Å². The molecule has 0 bridgehead atoms. The molecule has 1 unspecified atom stereocenters. The Kier molecular flexibility index (Phi) is 10.5. The number of allylic oxidation sites excluding steroid dienone is 1. The van der Waals surface area contributed by atoms with E-state index in [0.717, 1.165) is 80.1 Å². The van der Waals surface area contributed by atoms with E-state index in [1.54, 1.807) is 17.0 Å². The molecule has 4 heterocycles. The first-order valence-electron chi connectivity index (χ1n) is 19.9. The first kappa shape index (κ1) is 36.6. The van der Waals surface area contributed by atoms with Crippen molar-refractivity contribution in [1.29, 1.82) is 0 Å². The fourth-order valence-corrected chi connectivity index (χ4v) is 8.92. The molecular formula is C46H50N4O5. The van der Waals surface area contributed by atoms with Crippen LogP contribution in [0.4, 0.5) is 5.69 Å². The van der Waals surface area contributed by atoms with Crippen LogP contribution >= 0.6 is 0 Å². The van der Waals surface area contributed by atoms with Crippen LogP contribution in [0.25, 0.3) is 11.1 Å². The Labute approximate surface area is 323 Å². The molecular weight excluding hydrogens is 689 g/mol. The van der Waals surface area contributed by atoms with E-state index >= 15 is 0 Å². The van der Waals surface area contributed by atoms with Crippen molar-refractivity contribution in [2.45, 2.75) is 64.5 Å². The second-order valence-corrected chi connectivity index (χ2v) is 15.6. The molecule has 9 heteroatoms. The molecule has 4 aromatic rings. The van der Waals surface area contributed by atoms with Crippen molar-refractivity contribution >= 4 is 34.6 Å². The third kappa shape index (κ3) is 7.76. The molecule has 0 saturated carbocycles. The number of likely N-dealkylation sites (tertiary alicyclic amines) is 1. The van der Waals surface area contributed by atoms with Gasteiger partial charge in [-0.25, -0.2) is 0 Å². The number of phenols is 1. The number of ether oxygens (including phenoxy) is 1. The Bertz CT molecular complexity index is 2060. The predicted molar refractivity (Wildman–Crippen MR) is 215 cm³/mol. The van der Waals surface area contributed by atoms with Gasteiger partial charge in [-0.05, 0) is 134 Å². The maximum Gasteiger partial charge on any atom is 0.255 e. The SMILES string of the molecule is CCC(=C(c1ccc(O)cc1)c1ccc(OCCCCN2CCC3(CC2)CN(c2ccc4c(c2)CN(C2CCC(=O)NC2=O)C4=O)C3)cc1)c1ccccc1. The highest BCUT2D eigenvalue weighted by molar-refractivity contribution is 6.05. The van der Waals surface area contributed by atoms with Crippen LogP contribution in [0.1, 0.15) is 84.5 Å². The largest absolute Gasteiger partial charge is 0.508 e. The third-order valence-corrected chi connectivity index (χ3v) is 12.1. The van der Waals surface area contributed by atoms with Crippen molar-refractivity contribution in [3.63, 3.8) is 0 Å². The van der Waals surface area contributed by atoms with Crippen LogP contribution in [-0.2, 0) is 16.1 Å². The smallest absolute Gasteiger partial charge is 0.255 e. The first-order chi connectivity index (χ1) is 26.8. The maximum absolute atomic E-state index is 13.1. The number of imide groups is 1. The van der Waals surface area contributed by atoms with Crippen LogP contribution in [0.15, 0.2) is 97.1 Å². The van der Waals surface area contributed by atoms with Gasteiger partial charge < -0.3 is 24.5 Å². The van der Waals surface area contributed by atoms with Crippen LogP contribution < -0.4 is 15.0 Å². The van der Waals surface area contributed by atoms with Crippen molar-refractivity contribution in [3.05, 3.63) is 125 Å². The van der Waals surface area contributed by atoms with Crippen molar-refractivity contribution in [3.8, 4) is 11.5 Å². The van der Waals surface area contributed by atoms with Crippen LogP contribution in [0.3, 0.4) is 0 Å². The standard InChI is InChI=1S/C46H50N4O5/c1-2-39(32-8-4-3-5-9-32)43(33-10-15-37(51)16-11-33)34-12-17-38(18-13-34)55-27-7-6-24-48-25-22-46(23-26-48)30-49(31-46)36-14-19-40-35(28-36)29-50(45(40)54)41-20-21-42(52)47-44(41)53/h3-5,8-19,28,41,51H,2,6-7,20-27,29-31H2,1H3,(H,47,52,53). The molecule has 8 rings (SSSR count). The Morgan fingerprint density at radius 2 is 1.56 bits per heavy atom. The molecule has 0 aromatic heterocycles. The zero-order valence-corrected chi connectivity index (χ0v) is 31.6. The number of carbonyl (C=O) groups is 3. The van der Waals surface area contributed by atoms with Gasteiger partial charge in [0, 0.05) is 42.7 Å². The van der Waals surface area contributed by atoms with Crippen LogP contribution in [0.5, 0.6) is 11.5 Å². The van der Waals surface area contributed by atoms with Gasteiger partial charge in [0.15, 0.2) is 0 Å². The normalized spacial score (nSPS) is 19.9. The summed E-state index contributed by atoms with van der Waals surface area (Å²) in [6.45, 7) is 8.69. The molecule has 4 aliphatic rings. The summed E-state index contributed by atoms with van der Waals surface area (Å²) in [7, 11) is 0. The highest BCUT2D eigenvalue weighted by atomic mass is 16.5. The minimum atomic E-state index is -0.584. The Morgan fingerprint density at radius 1 is 0.855 bits per heavy atom. The lowest BCUT2D eigenvalue weighted by molar-refractivity contribution is -0.136. The Balaban J connectivity index is 0.782. The summed E-state index contributed by atoms with van der Waals surface area (Å²) >= 11 is 0. The van der Waals surface area contributed by atoms with Gasteiger partial charge in [0.2, 0.25) is 11.8 Å². The summed E-state index contributed by atoms with van der Waals surface area (Å²) in [5.74, 6) is 0.376. The lowest BCUT2D eigenvalue weighted by Crippen LogP contribution is -2.60. The second kappa shape index (κ2) is 15.7. The summed E-state index contributed by atoms with van der Waals surface area (Å²) in [5.41, 5.74) is 8.95. The number of aromatic hydroxyl groups is 1. The first-order valence-corrected chi connectivity index (χ1v) is 19.9. The second-order valence-electron chi connectivity index (χ2n) is 15.6. The number of nitrogens with zero attached hydrogens (tertiary/aromatic N) is 3. The van der Waals surface area contributed by atoms with Crippen LogP contribution in [0, 0.1) is 5.41 Å². The average Bonchev–Trinajstić information content (AvgIpc) is 3.52. The van der Waals surface area contributed by atoms with E-state index in [9.17, 15) is 19.5 Å². The summed E-state index contributed by atoms with van der Waals surface area (Å²) in [6.07, 6.45) is 6.03. The number of rotatable bonds is 12. The van der Waals surface area contributed by atoms with Crippen molar-refractivity contribution in [2.75, 3.05) is 44.2 Å². The fraction of sp³-hybridized carbons (Fsp3) is 0.370. The minimum absolute atomic E-state index is 0.122. The van der Waals surface area contributed by atoms with E-state index in [4.69, 9.17) is 4.74 Å². The zero-order chi connectivity index (χ0) is 37.9. The van der Waals surface area contributed by atoms with Gasteiger partial charge in [0.1, 0.15) is 17.5 Å². The van der Waals surface area contributed by atoms with E-state index < -0.39 is 6.04 Å². The van der Waals surface area contributed by atoms with Crippen molar-refractivity contribution in [2.24, 2.45) is 5.41 Å². The molecule has 3 fully saturated rings. The summed E-state index contributed by atoms with van der Waals surface area (Å²) in [6, 6.07) is 31.9. The molecule has 3 amide bonds. The van der Waals surface area contributed by atoms with Gasteiger partial charge in [-0.3, -0.25) is 19.7 Å². The van der Waals surface area contributed by atoms with Gasteiger partial charge in [0.25, 0.3) is 5.91 Å². The lowest BCUT2D eigenvalue weighted by atomic mass is 9.71. The van der Waals surface area contributed by atoms with Gasteiger partial charge in [-0.2, -0.15) is 0 Å². The number of nitrogens with one attached hydrogen (secondary N) is 1. The Morgan fingerprint density at radius 3 is 2.25 bits per heavy atom. The molecule has 4 aromatic carbocycles. The molecule has 284 valence electrons. The quantitative estimate of drug-likeness (QED) is 0.0895. The topological polar surface area (TPSA) is 102 Å². The number of phenolic OH excluding ortho intramolecular Hbond substituents is 1. The number of carbonyl (C=O) groups excluding carboxylic acids is 3. The average molecular weight is 739 g/mol. The summed E-state index contributed by atoms with van der Waals surface area (Å²) in [5, 5.41) is 12.3. The minimum Gasteiger partial charge on any atom is -0.508 e. The number of piperidine rings is 2. The molecule has 4 aliphatic heterocycles. The van der Waals surface area contributed by atoms with E-state index in [0.29, 0.717) is 30.6 Å². The van der Waals surface area contributed by atoms with Gasteiger partial charge >= 0.3 is 0 Å². The van der Waals surface area contributed by atoms with Crippen LogP contribution in [0.2, 0.25) is 0 Å². The summed E-state index contributed by atoms with van der Waals surface area (Å²) in [4.78, 5) is 43.8. The Hall–Kier alpha value is -5.41. The molecule has 0 radical (unpaired) electrons. The molecule has 9 nitrogen and oxygen atoms in total. The number of benzene rings is 4. The molecule has 0 aliphatic carbocycles. The number of anilines is 1. The highest BCUT2D eigenvalue weighted by Crippen LogP contribution is 2.44. The van der Waals surface area contributed by atoms with Gasteiger partial charge in [0.05, 0.1) is 6.61 Å². The van der Waals surface area contributed by atoms with Crippen molar-refractivity contribution < 1.29 is 24.2 Å². The van der Waals surface area contributed by atoms with E-state index in [2.05, 4.69) is 76.6 Å². The number of hydrogen-bond acceptors (Lipinski definition) is 7. The van der Waals surface area contributed by atoms with E-state index in [-0.39, 0.29) is 29.9 Å². The fourth-order valence-electron chi connectivity index (χ4n) is 8.92. The van der Waals surface area contributed by atoms with Gasteiger partial charge in [-0.15, -0.1) is 0 Å². The molecule has 1 spiro atoms. The molecule has 1 atom stereocenters. The molecule has 3 saturated heterocycles. The maximum atomic E-state index is 13.1. The lowest BCUT2D eigenvalue weighted by Gasteiger charge is -2.55.